The zero-order valence-electron chi connectivity index (χ0n) is 7.26. The Balaban J connectivity index is 2.88. The van der Waals surface area contributed by atoms with E-state index < -0.39 is 0 Å². The van der Waals surface area contributed by atoms with E-state index in [9.17, 15) is 0 Å². The molecule has 0 aromatic carbocycles. The average Bonchev–Trinajstić information content (AvgIpc) is 2.36. The molecule has 0 bridgehead atoms. The molecule has 0 atom stereocenters. The molecule has 1 aromatic heterocycles. The number of nitrogens with one attached hydrogen (secondary N) is 1. The molecule has 12 heavy (non-hydrogen) atoms. The number of aromatic nitrogens is 2. The van der Waals surface area contributed by atoms with E-state index in [4.69, 9.17) is 22.4 Å². The van der Waals surface area contributed by atoms with Gasteiger partial charge in [0.15, 0.2) is 0 Å². The molecule has 0 fully saturated rings. The molecule has 0 saturated carbocycles. The standard InChI is InChI=1S/C7H13N3OS/c1-7(2,3-4-8)5-9-10-6(12)11-5/h3-4,8H2,1-2H3,(H,10,12). The number of hydrogen-bond donors (Lipinski definition) is 2. The van der Waals surface area contributed by atoms with Gasteiger partial charge >= 0.3 is 0 Å². The average molecular weight is 187 g/mol. The number of nitrogens with zero attached hydrogens (tertiary/aromatic N) is 1. The molecule has 0 spiro atoms. The molecule has 4 nitrogen and oxygen atoms in total. The van der Waals surface area contributed by atoms with Crippen molar-refractivity contribution in [3.63, 3.8) is 0 Å². The fraction of sp³-hybridized carbons (Fsp3) is 0.714. The fourth-order valence-electron chi connectivity index (χ4n) is 0.987. The topological polar surface area (TPSA) is 67.8 Å². The van der Waals surface area contributed by atoms with Gasteiger partial charge in [-0.1, -0.05) is 13.8 Å². The molecule has 5 heteroatoms. The summed E-state index contributed by atoms with van der Waals surface area (Å²) in [5.41, 5.74) is 5.32. The Bertz CT molecular complexity index is 302. The molecule has 0 saturated heterocycles. The number of H-pyrrole nitrogens is 1. The molecule has 0 amide bonds. The summed E-state index contributed by atoms with van der Waals surface area (Å²) in [6.45, 7) is 4.66. The molecule has 0 unspecified atom stereocenters. The molecule has 1 aromatic rings. The van der Waals surface area contributed by atoms with Crippen LogP contribution in [0.4, 0.5) is 0 Å². The van der Waals surface area contributed by atoms with Gasteiger partial charge in [0.1, 0.15) is 0 Å². The Labute approximate surface area is 76.2 Å². The Kier molecular flexibility index (Phi) is 2.64. The van der Waals surface area contributed by atoms with Crippen molar-refractivity contribution < 1.29 is 4.42 Å². The summed E-state index contributed by atoms with van der Waals surface area (Å²) < 4.78 is 5.19. The zero-order chi connectivity index (χ0) is 9.19. The van der Waals surface area contributed by atoms with Gasteiger partial charge in [-0.25, -0.2) is 5.10 Å². The van der Waals surface area contributed by atoms with Gasteiger partial charge in [0.25, 0.3) is 4.84 Å². The van der Waals surface area contributed by atoms with Crippen LogP contribution in [0.3, 0.4) is 0 Å². The Hall–Kier alpha value is -0.680. The maximum absolute atomic E-state index is 5.45. The minimum atomic E-state index is -0.137. The number of rotatable bonds is 3. The Morgan fingerprint density at radius 2 is 2.33 bits per heavy atom. The SMILES string of the molecule is CC(C)(CCN)c1n[nH]c(=S)o1. The van der Waals surface area contributed by atoms with Gasteiger partial charge in [-0.2, -0.15) is 0 Å². The predicted molar refractivity (Wildman–Crippen MR) is 48.4 cm³/mol. The fourth-order valence-corrected chi connectivity index (χ4v) is 1.11. The van der Waals surface area contributed by atoms with Gasteiger partial charge in [0.05, 0.1) is 0 Å². The highest BCUT2D eigenvalue weighted by Crippen LogP contribution is 2.23. The minimum Gasteiger partial charge on any atom is -0.414 e. The highest BCUT2D eigenvalue weighted by atomic mass is 32.1. The lowest BCUT2D eigenvalue weighted by molar-refractivity contribution is 0.348. The van der Waals surface area contributed by atoms with E-state index in [1.54, 1.807) is 0 Å². The second-order valence-corrected chi connectivity index (χ2v) is 3.71. The van der Waals surface area contributed by atoms with Crippen LogP contribution in [0, 0.1) is 4.84 Å². The molecule has 3 N–H and O–H groups in total. The van der Waals surface area contributed by atoms with Crippen LogP contribution in [0.1, 0.15) is 26.2 Å². The predicted octanol–water partition coefficient (Wildman–Crippen LogP) is 1.36. The smallest absolute Gasteiger partial charge is 0.284 e. The van der Waals surface area contributed by atoms with Crippen molar-refractivity contribution in [3.8, 4) is 0 Å². The molecular weight excluding hydrogens is 174 g/mol. The zero-order valence-corrected chi connectivity index (χ0v) is 8.07. The van der Waals surface area contributed by atoms with E-state index in [2.05, 4.69) is 10.2 Å². The van der Waals surface area contributed by atoms with Crippen LogP contribution < -0.4 is 5.73 Å². The quantitative estimate of drug-likeness (QED) is 0.701. The summed E-state index contributed by atoms with van der Waals surface area (Å²) in [6, 6.07) is 0. The molecule has 1 heterocycles. The van der Waals surface area contributed by atoms with E-state index in [1.165, 1.54) is 0 Å². The molecule has 1 rings (SSSR count). The molecule has 68 valence electrons. The van der Waals surface area contributed by atoms with Crippen LogP contribution in [0.25, 0.3) is 0 Å². The van der Waals surface area contributed by atoms with Crippen molar-refractivity contribution in [3.05, 3.63) is 10.7 Å². The summed E-state index contributed by atoms with van der Waals surface area (Å²) in [7, 11) is 0. The van der Waals surface area contributed by atoms with Crippen molar-refractivity contribution in [2.45, 2.75) is 25.7 Å². The lowest BCUT2D eigenvalue weighted by Gasteiger charge is -2.17. The maximum atomic E-state index is 5.45. The molecule has 0 radical (unpaired) electrons. The number of hydrogen-bond acceptors (Lipinski definition) is 4. The second-order valence-electron chi connectivity index (χ2n) is 3.34. The lowest BCUT2D eigenvalue weighted by atomic mass is 9.89. The first-order valence-corrected chi connectivity index (χ1v) is 4.23. The van der Waals surface area contributed by atoms with Gasteiger partial charge < -0.3 is 10.2 Å². The first kappa shape index (κ1) is 9.41. The van der Waals surface area contributed by atoms with Crippen LogP contribution in [-0.2, 0) is 5.41 Å². The van der Waals surface area contributed by atoms with Crippen LogP contribution in [0.5, 0.6) is 0 Å². The van der Waals surface area contributed by atoms with E-state index in [1.807, 2.05) is 13.8 Å². The van der Waals surface area contributed by atoms with Crippen molar-refractivity contribution in [2.24, 2.45) is 5.73 Å². The van der Waals surface area contributed by atoms with Gasteiger partial charge in [0, 0.05) is 5.41 Å². The third kappa shape index (κ3) is 1.92. The van der Waals surface area contributed by atoms with Crippen LogP contribution in [0.2, 0.25) is 0 Å². The molecule has 0 aliphatic rings. The van der Waals surface area contributed by atoms with Crippen molar-refractivity contribution in [2.75, 3.05) is 6.54 Å². The Morgan fingerprint density at radius 1 is 1.67 bits per heavy atom. The van der Waals surface area contributed by atoms with Gasteiger partial charge in [-0.05, 0) is 25.2 Å². The maximum Gasteiger partial charge on any atom is 0.284 e. The van der Waals surface area contributed by atoms with Crippen molar-refractivity contribution in [1.82, 2.24) is 10.2 Å². The summed E-state index contributed by atoms with van der Waals surface area (Å²) >= 11 is 4.77. The van der Waals surface area contributed by atoms with Gasteiger partial charge in [-0.15, -0.1) is 5.10 Å². The highest BCUT2D eigenvalue weighted by molar-refractivity contribution is 7.71. The van der Waals surface area contributed by atoms with Gasteiger partial charge in [-0.3, -0.25) is 0 Å². The van der Waals surface area contributed by atoms with Crippen LogP contribution in [0.15, 0.2) is 4.42 Å². The van der Waals surface area contributed by atoms with E-state index >= 15 is 0 Å². The third-order valence-corrected chi connectivity index (χ3v) is 1.96. The van der Waals surface area contributed by atoms with Crippen molar-refractivity contribution in [1.29, 1.82) is 0 Å². The lowest BCUT2D eigenvalue weighted by Crippen LogP contribution is -2.22. The third-order valence-electron chi connectivity index (χ3n) is 1.79. The monoisotopic (exact) mass is 187 g/mol. The molecular formula is C7H13N3OS. The van der Waals surface area contributed by atoms with E-state index in [-0.39, 0.29) is 5.41 Å². The van der Waals surface area contributed by atoms with E-state index in [0.29, 0.717) is 17.3 Å². The summed E-state index contributed by atoms with van der Waals surface area (Å²) in [4.78, 5) is 0.315. The first-order valence-electron chi connectivity index (χ1n) is 3.82. The summed E-state index contributed by atoms with van der Waals surface area (Å²) in [5, 5.41) is 6.55. The van der Waals surface area contributed by atoms with Gasteiger partial charge in [0.2, 0.25) is 5.89 Å². The highest BCUT2D eigenvalue weighted by Gasteiger charge is 2.24. The minimum absolute atomic E-state index is 0.137. The molecule has 0 aliphatic heterocycles. The largest absolute Gasteiger partial charge is 0.414 e. The summed E-state index contributed by atoms with van der Waals surface area (Å²) in [6.07, 6.45) is 0.829. The van der Waals surface area contributed by atoms with Crippen LogP contribution in [-0.4, -0.2) is 16.7 Å². The molecule has 0 aliphatic carbocycles. The second kappa shape index (κ2) is 3.37. The van der Waals surface area contributed by atoms with Crippen LogP contribution >= 0.6 is 12.2 Å². The van der Waals surface area contributed by atoms with E-state index in [0.717, 1.165) is 6.42 Å². The number of nitrogens with two attached hydrogens (primary N) is 1. The van der Waals surface area contributed by atoms with Crippen molar-refractivity contribution >= 4 is 12.2 Å². The Morgan fingerprint density at radius 3 is 2.75 bits per heavy atom. The first-order chi connectivity index (χ1) is 5.56. The normalized spacial score (nSPS) is 11.9. The number of aromatic amines is 1. The summed E-state index contributed by atoms with van der Waals surface area (Å²) in [5.74, 6) is 0.623.